The third kappa shape index (κ3) is 4.08. The minimum Gasteiger partial charge on any atom is -0.321 e. The lowest BCUT2D eigenvalue weighted by Crippen LogP contribution is -2.16. The van der Waals surface area contributed by atoms with Crippen LogP contribution in [0.5, 0.6) is 0 Å². The molecule has 0 unspecified atom stereocenters. The van der Waals surface area contributed by atoms with E-state index in [9.17, 15) is 4.79 Å². The Morgan fingerprint density at radius 1 is 1.29 bits per heavy atom. The summed E-state index contributed by atoms with van der Waals surface area (Å²) >= 11 is 0. The summed E-state index contributed by atoms with van der Waals surface area (Å²) in [6, 6.07) is 9.67. The van der Waals surface area contributed by atoms with Gasteiger partial charge in [0, 0.05) is 30.8 Å². The van der Waals surface area contributed by atoms with Gasteiger partial charge in [-0.25, -0.2) is 9.97 Å². The molecule has 0 radical (unpaired) electrons. The lowest BCUT2D eigenvalue weighted by Gasteiger charge is -2.13. The molecule has 2 aromatic heterocycles. The normalized spacial score (nSPS) is 14.7. The topological polar surface area (TPSA) is 85.6 Å². The highest BCUT2D eigenvalue weighted by Gasteiger charge is 2.27. The van der Waals surface area contributed by atoms with Crippen LogP contribution in [-0.4, -0.2) is 30.6 Å². The number of aryl methyl sites for hydroxylation is 2. The number of carbonyl (C=O) groups is 1. The molecule has 3 aromatic rings. The Balaban J connectivity index is 1.48. The van der Waals surface area contributed by atoms with E-state index in [1.54, 1.807) is 12.4 Å². The smallest absolute Gasteiger partial charge is 0.274 e. The molecule has 7 nitrogen and oxygen atoms in total. The number of benzene rings is 1. The van der Waals surface area contributed by atoms with E-state index in [0.717, 1.165) is 47.9 Å². The first-order valence-corrected chi connectivity index (χ1v) is 9.59. The number of amides is 1. The Bertz CT molecular complexity index is 1010. The first-order chi connectivity index (χ1) is 13.5. The second kappa shape index (κ2) is 7.50. The lowest BCUT2D eigenvalue weighted by molar-refractivity contribution is 0.102. The number of carbonyl (C=O) groups excluding carboxylic acids is 1. The van der Waals surface area contributed by atoms with Crippen LogP contribution in [0.15, 0.2) is 36.7 Å². The van der Waals surface area contributed by atoms with Crippen LogP contribution in [0.4, 0.5) is 5.69 Å². The number of nitrogens with zero attached hydrogens (tertiary/aromatic N) is 5. The van der Waals surface area contributed by atoms with Crippen molar-refractivity contribution in [1.82, 2.24) is 24.7 Å². The minimum absolute atomic E-state index is 0.203. The second-order valence-corrected chi connectivity index (χ2v) is 7.57. The van der Waals surface area contributed by atoms with Gasteiger partial charge in [0.2, 0.25) is 0 Å². The fraction of sp³-hybridized carbons (Fsp3) is 0.381. The van der Waals surface area contributed by atoms with Gasteiger partial charge >= 0.3 is 0 Å². The monoisotopic (exact) mass is 376 g/mol. The van der Waals surface area contributed by atoms with E-state index >= 15 is 0 Å². The van der Waals surface area contributed by atoms with Gasteiger partial charge in [-0.3, -0.25) is 4.79 Å². The zero-order chi connectivity index (χ0) is 19.7. The number of nitrogens with one attached hydrogen (secondary N) is 1. The van der Waals surface area contributed by atoms with Crippen LogP contribution < -0.4 is 5.32 Å². The second-order valence-electron chi connectivity index (χ2n) is 7.57. The van der Waals surface area contributed by atoms with E-state index in [1.165, 1.54) is 0 Å². The molecule has 1 fully saturated rings. The molecular formula is C21H24N6O. The predicted octanol–water partition coefficient (Wildman–Crippen LogP) is 3.39. The van der Waals surface area contributed by atoms with Gasteiger partial charge in [0.1, 0.15) is 23.7 Å². The van der Waals surface area contributed by atoms with Crippen molar-refractivity contribution in [3.8, 4) is 0 Å². The summed E-state index contributed by atoms with van der Waals surface area (Å²) < 4.78 is 1.93. The molecule has 7 heteroatoms. The van der Waals surface area contributed by atoms with Gasteiger partial charge in [-0.2, -0.15) is 0 Å². The average molecular weight is 376 g/mol. The van der Waals surface area contributed by atoms with Gasteiger partial charge in [-0.1, -0.05) is 19.1 Å². The van der Waals surface area contributed by atoms with Crippen molar-refractivity contribution in [2.75, 3.05) is 5.32 Å². The molecule has 0 saturated heterocycles. The van der Waals surface area contributed by atoms with Crippen LogP contribution >= 0.6 is 0 Å². The summed E-state index contributed by atoms with van der Waals surface area (Å²) in [5, 5.41) is 11.1. The van der Waals surface area contributed by atoms with E-state index < -0.39 is 0 Å². The van der Waals surface area contributed by atoms with Gasteiger partial charge in [-0.15, -0.1) is 10.2 Å². The Morgan fingerprint density at radius 2 is 2.11 bits per heavy atom. The molecule has 0 bridgehead atoms. The summed E-state index contributed by atoms with van der Waals surface area (Å²) in [7, 11) is 1.94. The first-order valence-electron chi connectivity index (χ1n) is 9.59. The summed E-state index contributed by atoms with van der Waals surface area (Å²) in [6.45, 7) is 4.05. The summed E-state index contributed by atoms with van der Waals surface area (Å²) in [4.78, 5) is 21.6. The Kier molecular flexibility index (Phi) is 4.90. The number of hydrogen-bond donors (Lipinski definition) is 1. The molecule has 1 amide bonds. The summed E-state index contributed by atoms with van der Waals surface area (Å²) in [6.07, 6.45) is 4.70. The van der Waals surface area contributed by atoms with Gasteiger partial charge in [0.15, 0.2) is 0 Å². The molecule has 1 aliphatic carbocycles. The van der Waals surface area contributed by atoms with Crippen LogP contribution in [-0.2, 0) is 13.5 Å². The molecule has 0 aliphatic heterocycles. The maximum Gasteiger partial charge on any atom is 0.274 e. The standard InChI is InChI=1S/C21H24N6O/c1-13(9-19-26-22-12-27(19)3)16-5-4-6-17(11-16)24-21(28)18-10-14(2)23-20(25-18)15-7-8-15/h4-6,10-13,15H,7-9H2,1-3H3,(H,24,28)/t13-/m0/s1. The van der Waals surface area contributed by atoms with E-state index in [4.69, 9.17) is 0 Å². The molecule has 2 heterocycles. The van der Waals surface area contributed by atoms with E-state index in [1.807, 2.05) is 36.7 Å². The maximum atomic E-state index is 12.7. The maximum absolute atomic E-state index is 12.7. The molecule has 1 N–H and O–H groups in total. The Labute approximate surface area is 164 Å². The van der Waals surface area contributed by atoms with Crippen LogP contribution in [0.25, 0.3) is 0 Å². The van der Waals surface area contributed by atoms with Crippen molar-refractivity contribution in [2.45, 2.75) is 44.9 Å². The quantitative estimate of drug-likeness (QED) is 0.713. The van der Waals surface area contributed by atoms with Crippen LogP contribution in [0, 0.1) is 6.92 Å². The van der Waals surface area contributed by atoms with Crippen molar-refractivity contribution in [3.05, 3.63) is 65.3 Å². The first kappa shape index (κ1) is 18.3. The van der Waals surface area contributed by atoms with E-state index in [2.05, 4.69) is 38.5 Å². The Morgan fingerprint density at radius 3 is 2.82 bits per heavy atom. The number of rotatable bonds is 6. The van der Waals surface area contributed by atoms with Gasteiger partial charge in [0.05, 0.1) is 0 Å². The molecule has 1 atom stereocenters. The summed E-state index contributed by atoms with van der Waals surface area (Å²) in [5.41, 5.74) is 3.15. The number of aromatic nitrogens is 5. The van der Waals surface area contributed by atoms with Crippen molar-refractivity contribution < 1.29 is 4.79 Å². The largest absolute Gasteiger partial charge is 0.321 e. The lowest BCUT2D eigenvalue weighted by atomic mass is 9.97. The average Bonchev–Trinajstić information content (AvgIpc) is 3.45. The molecule has 28 heavy (non-hydrogen) atoms. The van der Waals surface area contributed by atoms with Crippen LogP contribution in [0.1, 0.15) is 65.0 Å². The molecule has 1 aliphatic rings. The van der Waals surface area contributed by atoms with Crippen LogP contribution in [0.2, 0.25) is 0 Å². The van der Waals surface area contributed by atoms with Crippen molar-refractivity contribution >= 4 is 11.6 Å². The zero-order valence-electron chi connectivity index (χ0n) is 16.4. The molecule has 1 saturated carbocycles. The highest BCUT2D eigenvalue weighted by atomic mass is 16.1. The zero-order valence-corrected chi connectivity index (χ0v) is 16.4. The molecule has 1 aromatic carbocycles. The highest BCUT2D eigenvalue weighted by Crippen LogP contribution is 2.38. The van der Waals surface area contributed by atoms with E-state index in [-0.39, 0.29) is 11.8 Å². The van der Waals surface area contributed by atoms with Gasteiger partial charge in [-0.05, 0) is 49.4 Å². The van der Waals surface area contributed by atoms with Crippen molar-refractivity contribution in [3.63, 3.8) is 0 Å². The molecular weight excluding hydrogens is 352 g/mol. The Hall–Kier alpha value is -3.09. The molecule has 144 valence electrons. The molecule has 0 spiro atoms. The summed E-state index contributed by atoms with van der Waals surface area (Å²) in [5.74, 6) is 2.19. The fourth-order valence-electron chi connectivity index (χ4n) is 3.23. The van der Waals surface area contributed by atoms with Gasteiger partial charge < -0.3 is 9.88 Å². The predicted molar refractivity (Wildman–Crippen MR) is 106 cm³/mol. The third-order valence-corrected chi connectivity index (χ3v) is 5.05. The van der Waals surface area contributed by atoms with Crippen LogP contribution in [0.3, 0.4) is 0 Å². The van der Waals surface area contributed by atoms with E-state index in [0.29, 0.717) is 11.6 Å². The van der Waals surface area contributed by atoms with Crippen molar-refractivity contribution in [2.24, 2.45) is 7.05 Å². The number of anilines is 1. The SMILES string of the molecule is Cc1cc(C(=O)Nc2cccc([C@@H](C)Cc3nncn3C)c2)nc(C2CC2)n1. The fourth-order valence-corrected chi connectivity index (χ4v) is 3.23. The van der Waals surface area contributed by atoms with Crippen molar-refractivity contribution in [1.29, 1.82) is 0 Å². The minimum atomic E-state index is -0.203. The number of hydrogen-bond acceptors (Lipinski definition) is 5. The third-order valence-electron chi connectivity index (χ3n) is 5.05. The molecule has 4 rings (SSSR count). The van der Waals surface area contributed by atoms with Gasteiger partial charge in [0.25, 0.3) is 5.91 Å². The highest BCUT2D eigenvalue weighted by molar-refractivity contribution is 6.02.